The molecule has 0 saturated carbocycles. The van der Waals surface area contributed by atoms with Crippen LogP contribution in [0.4, 0.5) is 5.69 Å². The zero-order valence-corrected chi connectivity index (χ0v) is 18.7. The van der Waals surface area contributed by atoms with Gasteiger partial charge in [0.15, 0.2) is 0 Å². The van der Waals surface area contributed by atoms with E-state index in [-0.39, 0.29) is 5.91 Å². The van der Waals surface area contributed by atoms with Gasteiger partial charge in [-0.2, -0.15) is 0 Å². The molecule has 0 N–H and O–H groups in total. The lowest BCUT2D eigenvalue weighted by Crippen LogP contribution is -2.53. The van der Waals surface area contributed by atoms with Crippen LogP contribution in [0.1, 0.15) is 5.56 Å². The van der Waals surface area contributed by atoms with Crippen LogP contribution < -0.4 is 4.90 Å². The SMILES string of the molecule is O=C(CN1CCN(c2ccccc2)CC1)N1CCN(Cc2cccc3ccccc23)CC1. The van der Waals surface area contributed by atoms with Gasteiger partial charge in [-0.05, 0) is 28.5 Å². The first-order valence-corrected chi connectivity index (χ1v) is 11.8. The zero-order valence-electron chi connectivity index (χ0n) is 18.7. The van der Waals surface area contributed by atoms with Gasteiger partial charge in [0.25, 0.3) is 0 Å². The first-order chi connectivity index (χ1) is 15.8. The number of anilines is 1. The van der Waals surface area contributed by atoms with Crippen LogP contribution in [0.25, 0.3) is 10.8 Å². The number of carbonyl (C=O) groups is 1. The second kappa shape index (κ2) is 9.72. The van der Waals surface area contributed by atoms with E-state index in [1.54, 1.807) is 0 Å². The van der Waals surface area contributed by atoms with E-state index in [1.807, 2.05) is 0 Å². The first kappa shape index (κ1) is 21.0. The molecule has 5 nitrogen and oxygen atoms in total. The monoisotopic (exact) mass is 428 g/mol. The summed E-state index contributed by atoms with van der Waals surface area (Å²) in [5.74, 6) is 0.281. The molecule has 166 valence electrons. The summed E-state index contributed by atoms with van der Waals surface area (Å²) in [5, 5.41) is 2.63. The molecule has 1 amide bonds. The highest BCUT2D eigenvalue weighted by Crippen LogP contribution is 2.21. The third-order valence-corrected chi connectivity index (χ3v) is 6.85. The molecule has 0 spiro atoms. The quantitative estimate of drug-likeness (QED) is 0.624. The molecule has 3 aromatic carbocycles. The van der Waals surface area contributed by atoms with Crippen molar-refractivity contribution in [3.63, 3.8) is 0 Å². The van der Waals surface area contributed by atoms with E-state index in [2.05, 4.69) is 92.4 Å². The lowest BCUT2D eigenvalue weighted by atomic mass is 10.0. The maximum absolute atomic E-state index is 12.9. The van der Waals surface area contributed by atoms with Gasteiger partial charge in [0, 0.05) is 64.6 Å². The smallest absolute Gasteiger partial charge is 0.236 e. The summed E-state index contributed by atoms with van der Waals surface area (Å²) >= 11 is 0. The molecule has 0 unspecified atom stereocenters. The summed E-state index contributed by atoms with van der Waals surface area (Å²) in [6, 6.07) is 25.7. The summed E-state index contributed by atoms with van der Waals surface area (Å²) in [7, 11) is 0. The molecule has 2 fully saturated rings. The fraction of sp³-hybridized carbons (Fsp3) is 0.370. The zero-order chi connectivity index (χ0) is 21.8. The number of hydrogen-bond donors (Lipinski definition) is 0. The Morgan fingerprint density at radius 2 is 1.31 bits per heavy atom. The molecule has 5 rings (SSSR count). The molecule has 0 aliphatic carbocycles. The van der Waals surface area contributed by atoms with Gasteiger partial charge >= 0.3 is 0 Å². The highest BCUT2D eigenvalue weighted by molar-refractivity contribution is 5.85. The molecule has 2 aliphatic heterocycles. The lowest BCUT2D eigenvalue weighted by molar-refractivity contribution is -0.134. The van der Waals surface area contributed by atoms with E-state index in [0.717, 1.165) is 58.9 Å². The predicted molar refractivity (Wildman–Crippen MR) is 131 cm³/mol. The van der Waals surface area contributed by atoms with Crippen molar-refractivity contribution in [3.8, 4) is 0 Å². The lowest BCUT2D eigenvalue weighted by Gasteiger charge is -2.38. The van der Waals surface area contributed by atoms with E-state index in [0.29, 0.717) is 6.54 Å². The number of fused-ring (bicyclic) bond motifs is 1. The Morgan fingerprint density at radius 3 is 2.09 bits per heavy atom. The maximum atomic E-state index is 12.9. The Kier molecular flexibility index (Phi) is 6.37. The normalized spacial score (nSPS) is 18.2. The average molecular weight is 429 g/mol. The molecule has 0 bridgehead atoms. The van der Waals surface area contributed by atoms with Crippen molar-refractivity contribution in [2.75, 3.05) is 63.8 Å². The molecule has 2 saturated heterocycles. The molecule has 0 atom stereocenters. The minimum atomic E-state index is 0.281. The fourth-order valence-corrected chi connectivity index (χ4v) is 4.92. The van der Waals surface area contributed by atoms with Crippen LogP contribution in [-0.2, 0) is 11.3 Å². The number of hydrogen-bond acceptors (Lipinski definition) is 4. The summed E-state index contributed by atoms with van der Waals surface area (Å²) in [6.45, 7) is 8.89. The number of carbonyl (C=O) groups excluding carboxylic acids is 1. The highest BCUT2D eigenvalue weighted by atomic mass is 16.2. The van der Waals surface area contributed by atoms with Crippen molar-refractivity contribution in [1.29, 1.82) is 0 Å². The van der Waals surface area contributed by atoms with Gasteiger partial charge in [0.1, 0.15) is 0 Å². The Bertz CT molecular complexity index is 1030. The number of amides is 1. The van der Waals surface area contributed by atoms with Crippen LogP contribution in [0, 0.1) is 0 Å². The van der Waals surface area contributed by atoms with Gasteiger partial charge in [-0.1, -0.05) is 60.7 Å². The second-order valence-corrected chi connectivity index (χ2v) is 8.89. The summed E-state index contributed by atoms with van der Waals surface area (Å²) in [5.41, 5.74) is 2.65. The molecule has 5 heteroatoms. The summed E-state index contributed by atoms with van der Waals surface area (Å²) < 4.78 is 0. The predicted octanol–water partition coefficient (Wildman–Crippen LogP) is 3.31. The van der Waals surface area contributed by atoms with Crippen molar-refractivity contribution in [2.24, 2.45) is 0 Å². The Morgan fingerprint density at radius 1 is 0.656 bits per heavy atom. The molecular weight excluding hydrogens is 396 g/mol. The van der Waals surface area contributed by atoms with Crippen LogP contribution >= 0.6 is 0 Å². The topological polar surface area (TPSA) is 30.0 Å². The molecule has 0 aromatic heterocycles. The Hall–Kier alpha value is -2.89. The minimum Gasteiger partial charge on any atom is -0.369 e. The summed E-state index contributed by atoms with van der Waals surface area (Å²) in [6.07, 6.45) is 0. The van der Waals surface area contributed by atoms with Crippen molar-refractivity contribution in [1.82, 2.24) is 14.7 Å². The Balaban J connectivity index is 1.09. The van der Waals surface area contributed by atoms with E-state index in [1.165, 1.54) is 22.0 Å². The molecule has 0 radical (unpaired) electrons. The number of piperazine rings is 2. The van der Waals surface area contributed by atoms with Crippen molar-refractivity contribution in [2.45, 2.75) is 6.54 Å². The minimum absolute atomic E-state index is 0.281. The number of rotatable bonds is 5. The van der Waals surface area contributed by atoms with Gasteiger partial charge in [-0.15, -0.1) is 0 Å². The van der Waals surface area contributed by atoms with Gasteiger partial charge in [-0.3, -0.25) is 14.6 Å². The molecular formula is C27H32N4O. The largest absolute Gasteiger partial charge is 0.369 e. The van der Waals surface area contributed by atoms with Gasteiger partial charge in [0.2, 0.25) is 5.91 Å². The first-order valence-electron chi connectivity index (χ1n) is 11.8. The number of nitrogens with zero attached hydrogens (tertiary/aromatic N) is 4. The highest BCUT2D eigenvalue weighted by Gasteiger charge is 2.25. The van der Waals surface area contributed by atoms with Gasteiger partial charge in [0.05, 0.1) is 6.54 Å². The Labute approximate surface area is 190 Å². The van der Waals surface area contributed by atoms with E-state index in [9.17, 15) is 4.79 Å². The van der Waals surface area contributed by atoms with E-state index >= 15 is 0 Å². The number of para-hydroxylation sites is 1. The van der Waals surface area contributed by atoms with Crippen LogP contribution in [0.3, 0.4) is 0 Å². The van der Waals surface area contributed by atoms with E-state index in [4.69, 9.17) is 0 Å². The maximum Gasteiger partial charge on any atom is 0.236 e. The third-order valence-electron chi connectivity index (χ3n) is 6.85. The van der Waals surface area contributed by atoms with Crippen LogP contribution in [0.5, 0.6) is 0 Å². The van der Waals surface area contributed by atoms with Crippen molar-refractivity contribution in [3.05, 3.63) is 78.4 Å². The van der Waals surface area contributed by atoms with Crippen molar-refractivity contribution >= 4 is 22.4 Å². The van der Waals surface area contributed by atoms with Gasteiger partial charge < -0.3 is 9.80 Å². The fourth-order valence-electron chi connectivity index (χ4n) is 4.92. The van der Waals surface area contributed by atoms with Crippen LogP contribution in [0.2, 0.25) is 0 Å². The molecule has 2 heterocycles. The molecule has 32 heavy (non-hydrogen) atoms. The molecule has 3 aromatic rings. The van der Waals surface area contributed by atoms with Crippen LogP contribution in [0.15, 0.2) is 72.8 Å². The third kappa shape index (κ3) is 4.79. The van der Waals surface area contributed by atoms with E-state index < -0.39 is 0 Å². The van der Waals surface area contributed by atoms with Gasteiger partial charge in [-0.25, -0.2) is 0 Å². The second-order valence-electron chi connectivity index (χ2n) is 8.89. The number of benzene rings is 3. The van der Waals surface area contributed by atoms with Crippen LogP contribution in [-0.4, -0.2) is 79.5 Å². The average Bonchev–Trinajstić information content (AvgIpc) is 2.86. The summed E-state index contributed by atoms with van der Waals surface area (Å²) in [4.78, 5) is 22.2. The van der Waals surface area contributed by atoms with Crippen molar-refractivity contribution < 1.29 is 4.79 Å². The molecule has 2 aliphatic rings. The standard InChI is InChI=1S/C27H32N4O/c32-27(22-29-13-17-30(18-14-29)25-10-2-1-3-11-25)31-19-15-28(16-20-31)21-24-9-6-8-23-7-4-5-12-26(23)24/h1-12H,13-22H2.